The van der Waals surface area contributed by atoms with Gasteiger partial charge >= 0.3 is 6.18 Å². The summed E-state index contributed by atoms with van der Waals surface area (Å²) >= 11 is 0. The highest BCUT2D eigenvalue weighted by Crippen LogP contribution is 2.32. The van der Waals surface area contributed by atoms with Crippen molar-refractivity contribution in [3.8, 4) is 11.5 Å². The predicted molar refractivity (Wildman–Crippen MR) is 67.7 cm³/mol. The first-order valence-electron chi connectivity index (χ1n) is 5.87. The Morgan fingerprint density at radius 3 is 2.30 bits per heavy atom. The van der Waals surface area contributed by atoms with Crippen LogP contribution in [0.15, 0.2) is 48.5 Å². The molecule has 2 aromatic rings. The van der Waals surface area contributed by atoms with Crippen molar-refractivity contribution < 1.29 is 22.7 Å². The number of halogens is 3. The monoisotopic (exact) mass is 280 g/mol. The molecule has 0 radical (unpaired) electrons. The number of aldehydes is 1. The topological polar surface area (TPSA) is 26.3 Å². The van der Waals surface area contributed by atoms with Gasteiger partial charge in [0.1, 0.15) is 17.8 Å². The highest BCUT2D eigenvalue weighted by atomic mass is 19.4. The number of rotatable bonds is 4. The minimum absolute atomic E-state index is 0.100. The lowest BCUT2D eigenvalue weighted by molar-refractivity contribution is -0.137. The van der Waals surface area contributed by atoms with Crippen molar-refractivity contribution in [3.05, 3.63) is 59.7 Å². The largest absolute Gasteiger partial charge is 0.457 e. The normalized spacial score (nSPS) is 11.2. The van der Waals surface area contributed by atoms with Gasteiger partial charge < -0.3 is 9.53 Å². The lowest BCUT2D eigenvalue weighted by Crippen LogP contribution is -2.04. The van der Waals surface area contributed by atoms with Crippen LogP contribution in [0.3, 0.4) is 0 Å². The van der Waals surface area contributed by atoms with Gasteiger partial charge in [0, 0.05) is 6.42 Å². The van der Waals surface area contributed by atoms with Gasteiger partial charge in [0.2, 0.25) is 0 Å². The second-order valence-corrected chi connectivity index (χ2v) is 4.15. The van der Waals surface area contributed by atoms with Crippen molar-refractivity contribution in [2.45, 2.75) is 12.6 Å². The number of carbonyl (C=O) groups excluding carboxylic acids is 1. The molecule has 0 unspecified atom stereocenters. The molecule has 0 aliphatic heterocycles. The number of ether oxygens (including phenoxy) is 1. The molecule has 0 heterocycles. The fourth-order valence-electron chi connectivity index (χ4n) is 1.70. The molecule has 0 spiro atoms. The average Bonchev–Trinajstić information content (AvgIpc) is 2.39. The molecule has 0 bridgehead atoms. The van der Waals surface area contributed by atoms with Crippen molar-refractivity contribution in [1.29, 1.82) is 0 Å². The Balaban J connectivity index is 2.21. The number of hydrogen-bond donors (Lipinski definition) is 0. The van der Waals surface area contributed by atoms with E-state index in [0.29, 0.717) is 5.75 Å². The van der Waals surface area contributed by atoms with E-state index in [-0.39, 0.29) is 12.2 Å². The quantitative estimate of drug-likeness (QED) is 0.783. The van der Waals surface area contributed by atoms with Crippen LogP contribution in [-0.2, 0) is 17.4 Å². The van der Waals surface area contributed by atoms with Crippen LogP contribution in [0, 0.1) is 0 Å². The predicted octanol–water partition coefficient (Wildman–Crippen LogP) is 4.24. The lowest BCUT2D eigenvalue weighted by atomic mass is 10.1. The first-order valence-corrected chi connectivity index (χ1v) is 5.87. The third kappa shape index (κ3) is 3.60. The van der Waals surface area contributed by atoms with Gasteiger partial charge in [-0.1, -0.05) is 18.2 Å². The SMILES string of the molecule is O=CCc1cccc(Oc2cccc(C(F)(F)F)c2)c1. The Bertz CT molecular complexity index is 606. The molecule has 0 aromatic heterocycles. The van der Waals surface area contributed by atoms with Crippen molar-refractivity contribution in [1.82, 2.24) is 0 Å². The molecule has 0 atom stereocenters. The number of hydrogen-bond acceptors (Lipinski definition) is 2. The Morgan fingerprint density at radius 1 is 1.00 bits per heavy atom. The van der Waals surface area contributed by atoms with Crippen molar-refractivity contribution in [3.63, 3.8) is 0 Å². The van der Waals surface area contributed by atoms with E-state index in [1.807, 2.05) is 0 Å². The summed E-state index contributed by atoms with van der Waals surface area (Å²) in [7, 11) is 0. The molecule has 0 saturated carbocycles. The number of benzene rings is 2. The third-order valence-electron chi connectivity index (χ3n) is 2.61. The van der Waals surface area contributed by atoms with Crippen LogP contribution in [0.1, 0.15) is 11.1 Å². The van der Waals surface area contributed by atoms with Crippen LogP contribution >= 0.6 is 0 Å². The summed E-state index contributed by atoms with van der Waals surface area (Å²) in [5, 5.41) is 0. The number of alkyl halides is 3. The highest BCUT2D eigenvalue weighted by Gasteiger charge is 2.30. The Kier molecular flexibility index (Phi) is 4.08. The molecule has 2 rings (SSSR count). The molecule has 2 nitrogen and oxygen atoms in total. The van der Waals surface area contributed by atoms with Gasteiger partial charge in [-0.3, -0.25) is 0 Å². The van der Waals surface area contributed by atoms with E-state index in [1.54, 1.807) is 24.3 Å². The maximum absolute atomic E-state index is 12.6. The molecule has 0 N–H and O–H groups in total. The van der Waals surface area contributed by atoms with Gasteiger partial charge in [-0.2, -0.15) is 13.2 Å². The molecule has 20 heavy (non-hydrogen) atoms. The standard InChI is InChI=1S/C15H11F3O2/c16-15(17,18)12-4-2-6-14(10-12)20-13-5-1-3-11(9-13)7-8-19/h1-6,8-10H,7H2. The van der Waals surface area contributed by atoms with Crippen molar-refractivity contribution in [2.24, 2.45) is 0 Å². The van der Waals surface area contributed by atoms with Gasteiger partial charge in [0.15, 0.2) is 0 Å². The Morgan fingerprint density at radius 2 is 1.65 bits per heavy atom. The molecule has 2 aromatic carbocycles. The smallest absolute Gasteiger partial charge is 0.416 e. The zero-order chi connectivity index (χ0) is 14.6. The summed E-state index contributed by atoms with van der Waals surface area (Å²) in [6, 6.07) is 11.3. The summed E-state index contributed by atoms with van der Waals surface area (Å²) in [4.78, 5) is 10.4. The zero-order valence-corrected chi connectivity index (χ0v) is 10.4. The maximum atomic E-state index is 12.6. The molecular weight excluding hydrogens is 269 g/mol. The van der Waals surface area contributed by atoms with E-state index < -0.39 is 11.7 Å². The molecule has 104 valence electrons. The van der Waals surface area contributed by atoms with Gasteiger partial charge in [-0.05, 0) is 35.9 Å². The van der Waals surface area contributed by atoms with E-state index in [4.69, 9.17) is 4.74 Å². The molecule has 0 aliphatic rings. The molecule has 5 heteroatoms. The van der Waals surface area contributed by atoms with Crippen molar-refractivity contribution in [2.75, 3.05) is 0 Å². The molecular formula is C15H11F3O2. The van der Waals surface area contributed by atoms with E-state index in [0.717, 1.165) is 24.0 Å². The summed E-state index contributed by atoms with van der Waals surface area (Å²) < 4.78 is 43.1. The van der Waals surface area contributed by atoms with Gasteiger partial charge in [0.05, 0.1) is 5.56 Å². The molecule has 0 saturated heterocycles. The lowest BCUT2D eigenvalue weighted by Gasteiger charge is -2.10. The van der Waals surface area contributed by atoms with E-state index in [2.05, 4.69) is 0 Å². The fourth-order valence-corrected chi connectivity index (χ4v) is 1.70. The van der Waals surface area contributed by atoms with Crippen LogP contribution in [0.2, 0.25) is 0 Å². The molecule has 0 aliphatic carbocycles. The first-order chi connectivity index (χ1) is 9.49. The molecule has 0 fully saturated rings. The third-order valence-corrected chi connectivity index (χ3v) is 2.61. The maximum Gasteiger partial charge on any atom is 0.416 e. The first kappa shape index (κ1) is 14.1. The number of carbonyl (C=O) groups is 1. The Labute approximate surface area is 113 Å². The summed E-state index contributed by atoms with van der Waals surface area (Å²) in [5.74, 6) is 0.492. The average molecular weight is 280 g/mol. The Hall–Kier alpha value is -2.30. The van der Waals surface area contributed by atoms with E-state index >= 15 is 0 Å². The highest BCUT2D eigenvalue weighted by molar-refractivity contribution is 5.55. The second kappa shape index (κ2) is 5.77. The van der Waals surface area contributed by atoms with Gasteiger partial charge in [-0.25, -0.2) is 0 Å². The van der Waals surface area contributed by atoms with Crippen LogP contribution in [-0.4, -0.2) is 6.29 Å². The van der Waals surface area contributed by atoms with Gasteiger partial charge in [-0.15, -0.1) is 0 Å². The van der Waals surface area contributed by atoms with Crippen LogP contribution in [0.25, 0.3) is 0 Å². The second-order valence-electron chi connectivity index (χ2n) is 4.15. The zero-order valence-electron chi connectivity index (χ0n) is 10.4. The summed E-state index contributed by atoms with van der Waals surface area (Å²) in [5.41, 5.74) is -0.0245. The van der Waals surface area contributed by atoms with E-state index in [1.165, 1.54) is 12.1 Å². The van der Waals surface area contributed by atoms with Crippen LogP contribution in [0.4, 0.5) is 13.2 Å². The minimum atomic E-state index is -4.40. The van der Waals surface area contributed by atoms with Crippen LogP contribution < -0.4 is 4.74 Å². The van der Waals surface area contributed by atoms with Gasteiger partial charge in [0.25, 0.3) is 0 Å². The van der Waals surface area contributed by atoms with Crippen molar-refractivity contribution >= 4 is 6.29 Å². The fraction of sp³-hybridized carbons (Fsp3) is 0.133. The van der Waals surface area contributed by atoms with Crippen LogP contribution in [0.5, 0.6) is 11.5 Å². The molecule has 0 amide bonds. The minimum Gasteiger partial charge on any atom is -0.457 e. The summed E-state index contributed by atoms with van der Waals surface area (Å²) in [6.45, 7) is 0. The summed E-state index contributed by atoms with van der Waals surface area (Å²) in [6.07, 6.45) is -3.41. The van der Waals surface area contributed by atoms with E-state index in [9.17, 15) is 18.0 Å².